The van der Waals surface area contributed by atoms with Crippen LogP contribution in [0.2, 0.25) is 0 Å². The van der Waals surface area contributed by atoms with Gasteiger partial charge in [-0.2, -0.15) is 0 Å². The first-order valence-corrected chi connectivity index (χ1v) is 10.3. The molecule has 0 bridgehead atoms. The third-order valence-electron chi connectivity index (χ3n) is 5.94. The summed E-state index contributed by atoms with van der Waals surface area (Å²) in [5, 5.41) is 0. The van der Waals surface area contributed by atoms with Gasteiger partial charge in [-0.15, -0.1) is 0 Å². The number of piperidine rings is 2. The molecule has 0 radical (unpaired) electrons. The molecule has 2 saturated heterocycles. The number of amides is 2. The minimum absolute atomic E-state index is 0.0495. The van der Waals surface area contributed by atoms with Crippen molar-refractivity contribution in [2.75, 3.05) is 26.2 Å². The summed E-state index contributed by atoms with van der Waals surface area (Å²) in [4.78, 5) is 33.4. The van der Waals surface area contributed by atoms with E-state index in [0.717, 1.165) is 63.9 Å². The molecule has 2 aliphatic rings. The highest BCUT2D eigenvalue weighted by Gasteiger charge is 2.42. The van der Waals surface area contributed by atoms with Crippen LogP contribution in [0.3, 0.4) is 0 Å². The highest BCUT2D eigenvalue weighted by atomic mass is 16.2. The number of aromatic nitrogens is 1. The van der Waals surface area contributed by atoms with Crippen LogP contribution in [0, 0.1) is 5.41 Å². The van der Waals surface area contributed by atoms with E-state index in [-0.39, 0.29) is 17.2 Å². The van der Waals surface area contributed by atoms with Gasteiger partial charge in [0.15, 0.2) is 0 Å². The Morgan fingerprint density at radius 2 is 2.07 bits per heavy atom. The van der Waals surface area contributed by atoms with E-state index in [4.69, 9.17) is 5.73 Å². The lowest BCUT2D eigenvalue weighted by Gasteiger charge is -2.48. The van der Waals surface area contributed by atoms with E-state index in [1.165, 1.54) is 0 Å². The third-order valence-corrected chi connectivity index (χ3v) is 5.94. The van der Waals surface area contributed by atoms with Crippen molar-refractivity contribution in [3.8, 4) is 0 Å². The van der Waals surface area contributed by atoms with Crippen molar-refractivity contribution >= 4 is 11.8 Å². The predicted octanol–water partition coefficient (Wildman–Crippen LogP) is 2.33. The van der Waals surface area contributed by atoms with Gasteiger partial charge < -0.3 is 15.5 Å². The fraction of sp³-hybridized carbons (Fsp3) is 0.667. The highest BCUT2D eigenvalue weighted by Crippen LogP contribution is 2.39. The molecule has 1 aromatic rings. The summed E-state index contributed by atoms with van der Waals surface area (Å²) in [6, 6.07) is 5.81. The van der Waals surface area contributed by atoms with Crippen molar-refractivity contribution < 1.29 is 9.59 Å². The molecule has 0 saturated carbocycles. The molecule has 2 amide bonds. The molecule has 148 valence electrons. The van der Waals surface area contributed by atoms with E-state index in [1.807, 2.05) is 28.0 Å². The first-order chi connectivity index (χ1) is 13.1. The zero-order valence-corrected chi connectivity index (χ0v) is 16.2. The number of rotatable bonds is 7. The molecule has 1 spiro atoms. The van der Waals surface area contributed by atoms with Gasteiger partial charge in [0.05, 0.1) is 12.2 Å². The van der Waals surface area contributed by atoms with E-state index >= 15 is 0 Å². The van der Waals surface area contributed by atoms with E-state index in [9.17, 15) is 9.59 Å². The van der Waals surface area contributed by atoms with Crippen LogP contribution in [-0.4, -0.2) is 52.8 Å². The lowest BCUT2D eigenvalue weighted by molar-refractivity contribution is -0.143. The number of likely N-dealkylation sites (tertiary alicyclic amines) is 2. The van der Waals surface area contributed by atoms with Crippen molar-refractivity contribution in [2.24, 2.45) is 11.1 Å². The molecule has 2 fully saturated rings. The topological polar surface area (TPSA) is 79.5 Å². The quantitative estimate of drug-likeness (QED) is 0.745. The van der Waals surface area contributed by atoms with Crippen molar-refractivity contribution in [1.82, 2.24) is 14.8 Å². The Balaban J connectivity index is 1.59. The number of hydrogen-bond donors (Lipinski definition) is 1. The largest absolute Gasteiger partial charge is 0.342 e. The second-order valence-corrected chi connectivity index (χ2v) is 8.09. The highest BCUT2D eigenvalue weighted by molar-refractivity contribution is 5.78. The van der Waals surface area contributed by atoms with Gasteiger partial charge in [0.25, 0.3) is 0 Å². The Kier molecular flexibility index (Phi) is 6.83. The lowest BCUT2D eigenvalue weighted by atomic mass is 9.73. The molecule has 0 unspecified atom stereocenters. The summed E-state index contributed by atoms with van der Waals surface area (Å²) in [7, 11) is 0. The average molecular weight is 373 g/mol. The summed E-state index contributed by atoms with van der Waals surface area (Å²) in [5.74, 6) is 0.468. The molecule has 2 N–H and O–H groups in total. The van der Waals surface area contributed by atoms with Crippen LogP contribution < -0.4 is 5.73 Å². The van der Waals surface area contributed by atoms with Gasteiger partial charge in [0.1, 0.15) is 0 Å². The van der Waals surface area contributed by atoms with Gasteiger partial charge in [-0.25, -0.2) is 0 Å². The fourth-order valence-electron chi connectivity index (χ4n) is 4.44. The minimum Gasteiger partial charge on any atom is -0.342 e. The first-order valence-electron chi connectivity index (χ1n) is 10.3. The molecule has 0 aliphatic carbocycles. The van der Waals surface area contributed by atoms with E-state index < -0.39 is 0 Å². The fourth-order valence-corrected chi connectivity index (χ4v) is 4.44. The number of unbranched alkanes of at least 4 members (excludes halogenated alkanes) is 2. The molecule has 3 heterocycles. The van der Waals surface area contributed by atoms with Crippen LogP contribution in [0.4, 0.5) is 0 Å². The molecule has 6 nitrogen and oxygen atoms in total. The Labute approximate surface area is 162 Å². The van der Waals surface area contributed by atoms with E-state index in [0.29, 0.717) is 25.9 Å². The van der Waals surface area contributed by atoms with Crippen molar-refractivity contribution in [3.05, 3.63) is 30.1 Å². The molecular formula is C21H32N4O2. The second kappa shape index (κ2) is 9.31. The molecule has 1 atom stereocenters. The average Bonchev–Trinajstić information content (AvgIpc) is 2.69. The van der Waals surface area contributed by atoms with Crippen LogP contribution in [0.15, 0.2) is 24.4 Å². The first kappa shape index (κ1) is 19.8. The monoisotopic (exact) mass is 372 g/mol. The van der Waals surface area contributed by atoms with Crippen LogP contribution in [0.1, 0.15) is 57.1 Å². The van der Waals surface area contributed by atoms with E-state index in [2.05, 4.69) is 4.98 Å². The summed E-state index contributed by atoms with van der Waals surface area (Å²) in [5.41, 5.74) is 6.50. The Bertz CT molecular complexity index is 636. The van der Waals surface area contributed by atoms with Crippen molar-refractivity contribution in [3.63, 3.8) is 0 Å². The summed E-state index contributed by atoms with van der Waals surface area (Å²) >= 11 is 0. The SMILES string of the molecule is NCCCCCC(=O)N1CCC[C@]2(CCC(=O)N(Cc3ccccn3)C2)C1. The maximum Gasteiger partial charge on any atom is 0.222 e. The van der Waals surface area contributed by atoms with Gasteiger partial charge in [0.2, 0.25) is 11.8 Å². The summed E-state index contributed by atoms with van der Waals surface area (Å²) < 4.78 is 0. The number of hydrogen-bond acceptors (Lipinski definition) is 4. The third kappa shape index (κ3) is 5.28. The van der Waals surface area contributed by atoms with Crippen LogP contribution >= 0.6 is 0 Å². The van der Waals surface area contributed by atoms with Gasteiger partial charge in [0, 0.05) is 44.1 Å². The maximum atomic E-state index is 12.6. The predicted molar refractivity (Wildman–Crippen MR) is 105 cm³/mol. The Morgan fingerprint density at radius 1 is 1.19 bits per heavy atom. The molecule has 1 aromatic heterocycles. The Morgan fingerprint density at radius 3 is 2.85 bits per heavy atom. The molecule has 27 heavy (non-hydrogen) atoms. The maximum absolute atomic E-state index is 12.6. The van der Waals surface area contributed by atoms with Gasteiger partial charge in [-0.1, -0.05) is 12.5 Å². The molecule has 2 aliphatic heterocycles. The number of nitrogens with two attached hydrogens (primary N) is 1. The number of pyridine rings is 1. The number of carbonyl (C=O) groups excluding carboxylic acids is 2. The van der Waals surface area contributed by atoms with Gasteiger partial charge in [-0.05, 0) is 50.8 Å². The zero-order chi connectivity index (χ0) is 19.1. The molecule has 0 aromatic carbocycles. The van der Waals surface area contributed by atoms with Gasteiger partial charge in [-0.3, -0.25) is 14.6 Å². The summed E-state index contributed by atoms with van der Waals surface area (Å²) in [6.07, 6.45) is 8.90. The zero-order valence-electron chi connectivity index (χ0n) is 16.2. The van der Waals surface area contributed by atoms with Crippen molar-refractivity contribution in [1.29, 1.82) is 0 Å². The number of nitrogens with zero attached hydrogens (tertiary/aromatic N) is 3. The van der Waals surface area contributed by atoms with Crippen molar-refractivity contribution in [2.45, 2.75) is 57.9 Å². The van der Waals surface area contributed by atoms with Crippen LogP contribution in [-0.2, 0) is 16.1 Å². The second-order valence-electron chi connectivity index (χ2n) is 8.09. The van der Waals surface area contributed by atoms with Gasteiger partial charge >= 0.3 is 0 Å². The lowest BCUT2D eigenvalue weighted by Crippen LogP contribution is -2.54. The molecule has 6 heteroatoms. The summed E-state index contributed by atoms with van der Waals surface area (Å²) in [6.45, 7) is 3.63. The smallest absolute Gasteiger partial charge is 0.222 e. The van der Waals surface area contributed by atoms with E-state index in [1.54, 1.807) is 6.20 Å². The molecular weight excluding hydrogens is 340 g/mol. The number of carbonyl (C=O) groups is 2. The Hall–Kier alpha value is -1.95. The van der Waals surface area contributed by atoms with Crippen LogP contribution in [0.5, 0.6) is 0 Å². The van der Waals surface area contributed by atoms with Crippen LogP contribution in [0.25, 0.3) is 0 Å². The molecule has 3 rings (SSSR count). The normalized spacial score (nSPS) is 23.1. The minimum atomic E-state index is 0.0495. The standard InChI is InChI=1S/C21H32N4O2/c22-12-4-1-2-8-19(26)24-14-6-10-21(16-24)11-9-20(27)25(17-21)15-18-7-3-5-13-23-18/h3,5,7,13H,1-2,4,6,8-12,14-17,22H2/t21-/m0/s1.